The van der Waals surface area contributed by atoms with Gasteiger partial charge in [0.2, 0.25) is 0 Å². The van der Waals surface area contributed by atoms with Crippen LogP contribution < -0.4 is 0 Å². The third-order valence-corrected chi connectivity index (χ3v) is 3.24. The van der Waals surface area contributed by atoms with Crippen LogP contribution in [0.3, 0.4) is 0 Å². The highest BCUT2D eigenvalue weighted by Crippen LogP contribution is 2.33. The Kier molecular flexibility index (Phi) is 3.27. The van der Waals surface area contributed by atoms with Gasteiger partial charge in [-0.25, -0.2) is 0 Å². The molecule has 0 heterocycles. The van der Waals surface area contributed by atoms with Gasteiger partial charge in [-0.15, -0.1) is 0 Å². The Bertz CT molecular complexity index is 387. The second-order valence-corrected chi connectivity index (χ2v) is 4.37. The molecule has 1 unspecified atom stereocenters. The second kappa shape index (κ2) is 4.67. The summed E-state index contributed by atoms with van der Waals surface area (Å²) in [5.41, 5.74) is 2.40. The molecule has 0 nitrogen and oxygen atoms in total. The number of rotatable bonds is 2. The summed E-state index contributed by atoms with van der Waals surface area (Å²) in [5.74, 6) is 0.616. The van der Waals surface area contributed by atoms with Crippen molar-refractivity contribution in [3.63, 3.8) is 0 Å². The fourth-order valence-electron chi connectivity index (χ4n) is 1.88. The maximum Gasteiger partial charge on any atom is 0.0265 e. The first-order valence-electron chi connectivity index (χ1n) is 5.43. The van der Waals surface area contributed by atoms with Gasteiger partial charge in [0.1, 0.15) is 0 Å². The van der Waals surface area contributed by atoms with Crippen molar-refractivity contribution in [1.82, 2.24) is 0 Å². The number of halogens is 1. The highest BCUT2D eigenvalue weighted by Gasteiger charge is 2.14. The molecule has 0 amide bonds. The Morgan fingerprint density at radius 3 is 2.60 bits per heavy atom. The van der Waals surface area contributed by atoms with E-state index in [0.717, 1.165) is 17.9 Å². The summed E-state index contributed by atoms with van der Waals surface area (Å²) in [4.78, 5) is 0. The zero-order valence-corrected chi connectivity index (χ0v) is 9.67. The molecule has 15 heavy (non-hydrogen) atoms. The molecule has 78 valence electrons. The van der Waals surface area contributed by atoms with E-state index in [1.807, 2.05) is 18.2 Å². The molecule has 1 heteroatoms. The number of allylic oxidation sites excluding steroid dienone is 4. The Morgan fingerprint density at radius 1 is 1.27 bits per heavy atom. The Hall–Kier alpha value is -1.01. The SMILES string of the molecule is CCC1C=CC(c2ccccc2)=C(Cl)C1. The van der Waals surface area contributed by atoms with Crippen LogP contribution >= 0.6 is 11.6 Å². The van der Waals surface area contributed by atoms with Gasteiger partial charge in [-0.1, -0.05) is 61.0 Å². The van der Waals surface area contributed by atoms with Crippen molar-refractivity contribution in [3.8, 4) is 0 Å². The van der Waals surface area contributed by atoms with Gasteiger partial charge in [0.25, 0.3) is 0 Å². The van der Waals surface area contributed by atoms with E-state index in [0.29, 0.717) is 5.92 Å². The fourth-order valence-corrected chi connectivity index (χ4v) is 2.25. The molecule has 1 atom stereocenters. The lowest BCUT2D eigenvalue weighted by molar-refractivity contribution is 0.629. The first-order valence-corrected chi connectivity index (χ1v) is 5.81. The van der Waals surface area contributed by atoms with E-state index < -0.39 is 0 Å². The summed E-state index contributed by atoms with van der Waals surface area (Å²) in [6, 6.07) is 10.3. The normalized spacial score (nSPS) is 20.8. The van der Waals surface area contributed by atoms with Crippen LogP contribution in [0.4, 0.5) is 0 Å². The third-order valence-electron chi connectivity index (χ3n) is 2.88. The lowest BCUT2D eigenvalue weighted by atomic mass is 9.91. The van der Waals surface area contributed by atoms with Crippen molar-refractivity contribution in [1.29, 1.82) is 0 Å². The average Bonchev–Trinajstić information content (AvgIpc) is 2.30. The smallest absolute Gasteiger partial charge is 0.0265 e. The fraction of sp³-hybridized carbons (Fsp3) is 0.286. The molecule has 1 aromatic carbocycles. The average molecular weight is 219 g/mol. The molecule has 2 rings (SSSR count). The first kappa shape index (κ1) is 10.5. The van der Waals surface area contributed by atoms with Gasteiger partial charge >= 0.3 is 0 Å². The molecule has 0 spiro atoms. The predicted octanol–water partition coefficient (Wildman–Crippen LogP) is 4.62. The Balaban J connectivity index is 2.29. The van der Waals surface area contributed by atoms with Crippen molar-refractivity contribution in [2.75, 3.05) is 0 Å². The Morgan fingerprint density at radius 2 is 2.00 bits per heavy atom. The molecule has 0 saturated carbocycles. The number of benzene rings is 1. The first-order chi connectivity index (χ1) is 7.31. The van der Waals surface area contributed by atoms with Gasteiger partial charge in [-0.3, -0.25) is 0 Å². The van der Waals surface area contributed by atoms with Gasteiger partial charge in [0.05, 0.1) is 0 Å². The molecule has 0 aromatic heterocycles. The minimum atomic E-state index is 0.616. The summed E-state index contributed by atoms with van der Waals surface area (Å²) in [6.45, 7) is 2.20. The van der Waals surface area contributed by atoms with Crippen LogP contribution in [-0.2, 0) is 0 Å². The molecular formula is C14H15Cl. The highest BCUT2D eigenvalue weighted by atomic mass is 35.5. The van der Waals surface area contributed by atoms with Crippen molar-refractivity contribution in [3.05, 3.63) is 53.1 Å². The molecule has 0 radical (unpaired) electrons. The maximum atomic E-state index is 6.32. The van der Waals surface area contributed by atoms with Crippen LogP contribution in [0, 0.1) is 5.92 Å². The Labute approximate surface area is 96.3 Å². The summed E-state index contributed by atoms with van der Waals surface area (Å²) in [5, 5.41) is 0.996. The molecule has 1 aromatic rings. The molecule has 1 aliphatic carbocycles. The third kappa shape index (κ3) is 2.32. The van der Waals surface area contributed by atoms with Gasteiger partial charge in [-0.2, -0.15) is 0 Å². The van der Waals surface area contributed by atoms with Crippen LogP contribution in [0.15, 0.2) is 47.5 Å². The number of hydrogen-bond donors (Lipinski definition) is 0. The van der Waals surface area contributed by atoms with E-state index in [2.05, 4.69) is 31.2 Å². The van der Waals surface area contributed by atoms with Crippen molar-refractivity contribution < 1.29 is 0 Å². The monoisotopic (exact) mass is 218 g/mol. The summed E-state index contributed by atoms with van der Waals surface area (Å²) < 4.78 is 0. The second-order valence-electron chi connectivity index (χ2n) is 3.92. The topological polar surface area (TPSA) is 0 Å². The van der Waals surface area contributed by atoms with Gasteiger partial charge in [-0.05, 0) is 29.9 Å². The van der Waals surface area contributed by atoms with Crippen molar-refractivity contribution >= 4 is 17.2 Å². The minimum Gasteiger partial charge on any atom is -0.0885 e. The molecule has 0 saturated heterocycles. The zero-order valence-electron chi connectivity index (χ0n) is 8.91. The van der Waals surface area contributed by atoms with Gasteiger partial charge < -0.3 is 0 Å². The minimum absolute atomic E-state index is 0.616. The highest BCUT2D eigenvalue weighted by molar-refractivity contribution is 6.33. The van der Waals surface area contributed by atoms with Crippen LogP contribution in [-0.4, -0.2) is 0 Å². The van der Waals surface area contributed by atoms with E-state index in [9.17, 15) is 0 Å². The van der Waals surface area contributed by atoms with Gasteiger partial charge in [0, 0.05) is 5.03 Å². The molecule has 1 aliphatic rings. The van der Waals surface area contributed by atoms with E-state index in [4.69, 9.17) is 11.6 Å². The zero-order chi connectivity index (χ0) is 10.7. The van der Waals surface area contributed by atoms with E-state index in [-0.39, 0.29) is 0 Å². The summed E-state index contributed by atoms with van der Waals surface area (Å²) in [6.07, 6.45) is 6.58. The lowest BCUT2D eigenvalue weighted by Gasteiger charge is -2.17. The van der Waals surface area contributed by atoms with Crippen LogP contribution in [0.5, 0.6) is 0 Å². The van der Waals surface area contributed by atoms with Crippen LogP contribution in [0.1, 0.15) is 25.3 Å². The summed E-state index contributed by atoms with van der Waals surface area (Å²) in [7, 11) is 0. The van der Waals surface area contributed by atoms with Crippen LogP contribution in [0.25, 0.3) is 5.57 Å². The molecular weight excluding hydrogens is 204 g/mol. The van der Waals surface area contributed by atoms with E-state index in [1.54, 1.807) is 0 Å². The van der Waals surface area contributed by atoms with Crippen molar-refractivity contribution in [2.24, 2.45) is 5.92 Å². The molecule has 0 fully saturated rings. The van der Waals surface area contributed by atoms with Crippen LogP contribution in [0.2, 0.25) is 0 Å². The van der Waals surface area contributed by atoms with Crippen molar-refractivity contribution in [2.45, 2.75) is 19.8 Å². The van der Waals surface area contributed by atoms with E-state index >= 15 is 0 Å². The largest absolute Gasteiger partial charge is 0.0885 e. The lowest BCUT2D eigenvalue weighted by Crippen LogP contribution is -2.01. The summed E-state index contributed by atoms with van der Waals surface area (Å²) >= 11 is 6.32. The van der Waals surface area contributed by atoms with Gasteiger partial charge in [0.15, 0.2) is 0 Å². The molecule has 0 bridgehead atoms. The number of hydrogen-bond acceptors (Lipinski definition) is 0. The predicted molar refractivity (Wildman–Crippen MR) is 66.8 cm³/mol. The standard InChI is InChI=1S/C14H15Cl/c1-2-11-8-9-13(14(15)10-11)12-6-4-3-5-7-12/h3-9,11H,2,10H2,1H3. The molecule has 0 aliphatic heterocycles. The van der Waals surface area contributed by atoms with E-state index in [1.165, 1.54) is 11.1 Å². The maximum absolute atomic E-state index is 6.32. The quantitative estimate of drug-likeness (QED) is 0.680. The molecule has 0 N–H and O–H groups in total.